The number of benzene rings is 5. The number of halogens is 10. The van der Waals surface area contributed by atoms with Crippen molar-refractivity contribution < 1.29 is 62.4 Å². The molecule has 0 fully saturated rings. The molecule has 5 aromatic rings. The van der Waals surface area contributed by atoms with E-state index in [1.807, 2.05) is 51.1 Å². The Balaban J connectivity index is 0.000000256. The van der Waals surface area contributed by atoms with Gasteiger partial charge in [0.25, 0.3) is 0 Å². The summed E-state index contributed by atoms with van der Waals surface area (Å²) in [5.41, 5.74) is -0.0509. The first kappa shape index (κ1) is 41.2. The standard InChI is InChI=1S/C19H12F3NO.C17H14F5NO.2ClH.Ti/c20-14-9-16(21)18(17(22)10-14)23-11-13-7-4-8-15(19(13)24)12-5-2-1-3-6-12;1-17(2,3)9-6-4-5-8(16(9)24)7-23-15-13(21)11(19)10(18)12(20)14(15)22;;;/h1-11,24H;4-7,24H,1-3H3;2*1H;/q;;;;+2/p-2. The molecule has 0 heterocycles. The number of para-hydroxylation sites is 2. The van der Waals surface area contributed by atoms with Crippen LogP contribution >= 0.6 is 18.6 Å². The van der Waals surface area contributed by atoms with Crippen molar-refractivity contribution >= 4 is 42.4 Å². The average molecular weight is 789 g/mol. The molecule has 0 saturated carbocycles. The fourth-order valence-electron chi connectivity index (χ4n) is 4.42. The summed E-state index contributed by atoms with van der Waals surface area (Å²) in [5.74, 6) is -13.9. The predicted octanol–water partition coefficient (Wildman–Crippen LogP) is 11.7. The number of aromatic hydroxyl groups is 2. The van der Waals surface area contributed by atoms with Gasteiger partial charge in [0.05, 0.1) is 0 Å². The fraction of sp³-hybridized carbons (Fsp3) is 0.111. The molecule has 0 radical (unpaired) electrons. The number of hydrogen-bond acceptors (Lipinski definition) is 4. The molecule has 0 aliphatic heterocycles. The molecule has 5 aromatic carbocycles. The zero-order valence-electron chi connectivity index (χ0n) is 26.7. The number of phenols is 2. The van der Waals surface area contributed by atoms with Gasteiger partial charge in [-0.15, -0.1) is 0 Å². The molecule has 2 N–H and O–H groups in total. The number of rotatable bonds is 5. The molecular formula is C36H26Cl2F8N2O2Ti. The third-order valence-corrected chi connectivity index (χ3v) is 6.86. The van der Waals surface area contributed by atoms with Gasteiger partial charge in [0.15, 0.2) is 34.9 Å². The van der Waals surface area contributed by atoms with E-state index < -0.39 is 80.4 Å². The van der Waals surface area contributed by atoms with Crippen LogP contribution in [-0.2, 0) is 22.4 Å². The van der Waals surface area contributed by atoms with Crippen LogP contribution < -0.4 is 0 Å². The minimum atomic E-state index is -2.25. The zero-order valence-corrected chi connectivity index (χ0v) is 29.8. The normalized spacial score (nSPS) is 11.2. The summed E-state index contributed by atoms with van der Waals surface area (Å²) in [7, 11) is 9.78. The van der Waals surface area contributed by atoms with Crippen molar-refractivity contribution in [3.05, 3.63) is 142 Å². The van der Waals surface area contributed by atoms with Gasteiger partial charge in [-0.25, -0.2) is 45.1 Å². The molecule has 0 aliphatic carbocycles. The third-order valence-electron chi connectivity index (χ3n) is 6.86. The Morgan fingerprint density at radius 3 is 1.55 bits per heavy atom. The van der Waals surface area contributed by atoms with Gasteiger partial charge < -0.3 is 10.2 Å². The average Bonchev–Trinajstić information content (AvgIpc) is 3.08. The van der Waals surface area contributed by atoms with Crippen molar-refractivity contribution in [2.24, 2.45) is 9.98 Å². The topological polar surface area (TPSA) is 65.2 Å². The van der Waals surface area contributed by atoms with Crippen LogP contribution in [0, 0.1) is 46.5 Å². The molecule has 0 bridgehead atoms. The van der Waals surface area contributed by atoms with Crippen LogP contribution in [0.5, 0.6) is 11.5 Å². The SMILES string of the molecule is CC(C)(C)c1cccc(C=Nc2c(F)c(F)c(F)c(F)c2F)c1O.Oc1c(C=Nc2c(F)cc(F)cc2F)cccc1-c1ccccc1.[Cl][Ti][Cl]. The van der Waals surface area contributed by atoms with Crippen LogP contribution in [0.25, 0.3) is 11.1 Å². The Morgan fingerprint density at radius 1 is 0.588 bits per heavy atom. The Hall–Kier alpha value is -4.23. The van der Waals surface area contributed by atoms with Crippen LogP contribution in [-0.4, -0.2) is 22.6 Å². The molecule has 0 saturated heterocycles. The van der Waals surface area contributed by atoms with E-state index in [1.165, 1.54) is 6.07 Å². The monoisotopic (exact) mass is 788 g/mol. The summed E-state index contributed by atoms with van der Waals surface area (Å²) >= 11 is -0.556. The van der Waals surface area contributed by atoms with E-state index in [-0.39, 0.29) is 17.1 Å². The molecule has 5 rings (SSSR count). The molecule has 15 heteroatoms. The summed E-state index contributed by atoms with van der Waals surface area (Å²) in [4.78, 5) is 7.05. The van der Waals surface area contributed by atoms with Gasteiger partial charge >= 0.3 is 35.6 Å². The van der Waals surface area contributed by atoms with Crippen molar-refractivity contribution in [2.45, 2.75) is 26.2 Å². The first-order valence-corrected chi connectivity index (χ1v) is 18.7. The summed E-state index contributed by atoms with van der Waals surface area (Å²) in [6.45, 7) is 5.52. The first-order chi connectivity index (χ1) is 24.0. The number of aliphatic imine (C=N–C) groups is 2. The molecule has 0 aromatic heterocycles. The second-order valence-corrected chi connectivity index (χ2v) is 13.9. The quantitative estimate of drug-likeness (QED) is 0.0612. The summed E-state index contributed by atoms with van der Waals surface area (Å²) < 4.78 is 107. The maximum absolute atomic E-state index is 13.6. The molecular weight excluding hydrogens is 763 g/mol. The van der Waals surface area contributed by atoms with Gasteiger partial charge in [-0.05, 0) is 28.7 Å². The summed E-state index contributed by atoms with van der Waals surface area (Å²) in [6.07, 6.45) is 1.99. The van der Waals surface area contributed by atoms with Crippen LogP contribution in [0.15, 0.2) is 88.8 Å². The van der Waals surface area contributed by atoms with Crippen molar-refractivity contribution in [3.8, 4) is 22.6 Å². The molecule has 4 nitrogen and oxygen atoms in total. The number of hydrogen-bond donors (Lipinski definition) is 2. The zero-order chi connectivity index (χ0) is 38.0. The van der Waals surface area contributed by atoms with Crippen LogP contribution in [0.3, 0.4) is 0 Å². The van der Waals surface area contributed by atoms with Crippen molar-refractivity contribution in [2.75, 3.05) is 0 Å². The van der Waals surface area contributed by atoms with E-state index in [1.54, 1.807) is 30.3 Å². The van der Waals surface area contributed by atoms with Gasteiger partial charge in [0.2, 0.25) is 5.82 Å². The van der Waals surface area contributed by atoms with E-state index >= 15 is 0 Å². The first-order valence-electron chi connectivity index (χ1n) is 14.4. The Kier molecular flexibility index (Phi) is 14.8. The summed E-state index contributed by atoms with van der Waals surface area (Å²) in [5, 5.41) is 20.6. The summed E-state index contributed by atoms with van der Waals surface area (Å²) in [6, 6.07) is 19.9. The molecule has 0 amide bonds. The van der Waals surface area contributed by atoms with Crippen molar-refractivity contribution in [1.82, 2.24) is 0 Å². The second-order valence-electron chi connectivity index (χ2n) is 11.3. The van der Waals surface area contributed by atoms with Crippen molar-refractivity contribution in [1.29, 1.82) is 0 Å². The van der Waals surface area contributed by atoms with E-state index in [0.29, 0.717) is 28.8 Å². The molecule has 0 aliphatic rings. The number of nitrogens with zero attached hydrogens (tertiary/aromatic N) is 2. The van der Waals surface area contributed by atoms with E-state index in [4.69, 9.17) is 18.6 Å². The van der Waals surface area contributed by atoms with Gasteiger partial charge in [0.1, 0.15) is 28.7 Å². The van der Waals surface area contributed by atoms with E-state index in [9.17, 15) is 45.3 Å². The van der Waals surface area contributed by atoms with E-state index in [2.05, 4.69) is 9.98 Å². The Bertz CT molecular complexity index is 2010. The van der Waals surface area contributed by atoms with Crippen LogP contribution in [0.1, 0.15) is 37.5 Å². The van der Waals surface area contributed by atoms with Crippen LogP contribution in [0.4, 0.5) is 46.5 Å². The molecule has 51 heavy (non-hydrogen) atoms. The van der Waals surface area contributed by atoms with Gasteiger partial charge in [-0.1, -0.05) is 75.4 Å². The van der Waals surface area contributed by atoms with Gasteiger partial charge in [-0.3, -0.25) is 0 Å². The van der Waals surface area contributed by atoms with Gasteiger partial charge in [0, 0.05) is 41.3 Å². The third kappa shape index (κ3) is 10.4. The molecule has 0 spiro atoms. The number of phenolic OH excluding ortho intramolecular Hbond substituents is 2. The molecule has 266 valence electrons. The van der Waals surface area contributed by atoms with Crippen molar-refractivity contribution in [3.63, 3.8) is 0 Å². The Morgan fingerprint density at radius 2 is 1.04 bits per heavy atom. The second kappa shape index (κ2) is 18.3. The molecule has 0 unspecified atom stereocenters. The fourth-order valence-corrected chi connectivity index (χ4v) is 4.42. The molecule has 0 atom stereocenters. The van der Waals surface area contributed by atoms with E-state index in [0.717, 1.165) is 18.0 Å². The maximum atomic E-state index is 13.6. The predicted molar refractivity (Wildman–Crippen MR) is 179 cm³/mol. The Labute approximate surface area is 304 Å². The van der Waals surface area contributed by atoms with Crippen LogP contribution in [0.2, 0.25) is 0 Å². The van der Waals surface area contributed by atoms with Gasteiger partial charge in [-0.2, -0.15) is 0 Å². The minimum absolute atomic E-state index is 0.0598.